The van der Waals surface area contributed by atoms with Crippen LogP contribution in [0.3, 0.4) is 0 Å². The lowest BCUT2D eigenvalue weighted by Gasteiger charge is -2.32. The Hall–Kier alpha value is -0.560. The van der Waals surface area contributed by atoms with Crippen molar-refractivity contribution in [3.8, 4) is 12.3 Å². The van der Waals surface area contributed by atoms with Crippen LogP contribution in [0, 0.1) is 18.3 Å². The molecule has 0 aromatic heterocycles. The predicted molar refractivity (Wildman–Crippen MR) is 74.4 cm³/mol. The van der Waals surface area contributed by atoms with Gasteiger partial charge in [0.1, 0.15) is 0 Å². The molecule has 0 aromatic carbocycles. The van der Waals surface area contributed by atoms with Gasteiger partial charge in [0.05, 0.1) is 12.6 Å². The van der Waals surface area contributed by atoms with Gasteiger partial charge in [-0.3, -0.25) is 4.90 Å². The Labute approximate surface area is 111 Å². The quantitative estimate of drug-likeness (QED) is 0.748. The number of nitrogens with zero attached hydrogens (tertiary/aromatic N) is 1. The van der Waals surface area contributed by atoms with E-state index in [0.29, 0.717) is 12.1 Å². The first-order valence-corrected chi connectivity index (χ1v) is 7.34. The van der Waals surface area contributed by atoms with Gasteiger partial charge in [0, 0.05) is 32.3 Å². The molecule has 18 heavy (non-hydrogen) atoms. The van der Waals surface area contributed by atoms with E-state index in [9.17, 15) is 0 Å². The average molecular weight is 250 g/mol. The van der Waals surface area contributed by atoms with Crippen LogP contribution in [0.25, 0.3) is 0 Å². The molecule has 2 saturated heterocycles. The number of hydrogen-bond donors (Lipinski definition) is 1. The van der Waals surface area contributed by atoms with Gasteiger partial charge in [0.25, 0.3) is 0 Å². The van der Waals surface area contributed by atoms with Crippen LogP contribution < -0.4 is 5.32 Å². The second-order valence-electron chi connectivity index (χ2n) is 5.53. The highest BCUT2D eigenvalue weighted by atomic mass is 16.5. The zero-order valence-electron chi connectivity index (χ0n) is 11.5. The molecule has 0 aromatic rings. The zero-order valence-corrected chi connectivity index (χ0v) is 11.5. The minimum atomic E-state index is 0.485. The Morgan fingerprint density at radius 2 is 2.11 bits per heavy atom. The summed E-state index contributed by atoms with van der Waals surface area (Å²) in [5, 5.41) is 3.73. The van der Waals surface area contributed by atoms with E-state index < -0.39 is 0 Å². The van der Waals surface area contributed by atoms with Gasteiger partial charge in [-0.25, -0.2) is 0 Å². The van der Waals surface area contributed by atoms with Crippen molar-refractivity contribution in [3.63, 3.8) is 0 Å². The van der Waals surface area contributed by atoms with Crippen molar-refractivity contribution >= 4 is 0 Å². The highest BCUT2D eigenvalue weighted by Gasteiger charge is 2.27. The van der Waals surface area contributed by atoms with E-state index >= 15 is 0 Å². The van der Waals surface area contributed by atoms with Gasteiger partial charge in [-0.2, -0.15) is 0 Å². The fourth-order valence-electron chi connectivity index (χ4n) is 3.12. The molecule has 3 nitrogen and oxygen atoms in total. The maximum absolute atomic E-state index is 5.73. The second kappa shape index (κ2) is 7.13. The molecule has 2 heterocycles. The molecule has 0 aliphatic carbocycles. The third kappa shape index (κ3) is 3.71. The van der Waals surface area contributed by atoms with E-state index in [1.165, 1.54) is 19.3 Å². The van der Waals surface area contributed by atoms with Crippen LogP contribution in [-0.2, 0) is 4.74 Å². The maximum Gasteiger partial charge on any atom is 0.0613 e. The number of hydrogen-bond acceptors (Lipinski definition) is 3. The number of ether oxygens (including phenoxy) is 1. The number of rotatable bonds is 5. The molecule has 2 atom stereocenters. The van der Waals surface area contributed by atoms with E-state index in [1.54, 1.807) is 0 Å². The lowest BCUT2D eigenvalue weighted by molar-refractivity contribution is 0.0856. The summed E-state index contributed by atoms with van der Waals surface area (Å²) in [6, 6.07) is 0.678. The predicted octanol–water partition coefficient (Wildman–Crippen LogP) is 1.49. The second-order valence-corrected chi connectivity index (χ2v) is 5.53. The number of nitrogens with one attached hydrogen (secondary N) is 1. The number of terminal acetylenes is 1. The van der Waals surface area contributed by atoms with E-state index in [1.807, 2.05) is 0 Å². The van der Waals surface area contributed by atoms with Crippen LogP contribution in [-0.4, -0.2) is 49.8 Å². The molecule has 0 bridgehead atoms. The minimum absolute atomic E-state index is 0.485. The molecule has 2 unspecified atom stereocenters. The Kier molecular flexibility index (Phi) is 5.49. The fraction of sp³-hybridized carbons (Fsp3) is 0.867. The molecular formula is C15H26N2O. The van der Waals surface area contributed by atoms with E-state index in [2.05, 4.69) is 23.1 Å². The van der Waals surface area contributed by atoms with E-state index in [4.69, 9.17) is 11.2 Å². The molecule has 0 saturated carbocycles. The van der Waals surface area contributed by atoms with Crippen LogP contribution in [0.5, 0.6) is 0 Å². The highest BCUT2D eigenvalue weighted by Crippen LogP contribution is 2.23. The normalized spacial score (nSPS) is 30.4. The van der Waals surface area contributed by atoms with Gasteiger partial charge in [-0.05, 0) is 31.6 Å². The van der Waals surface area contributed by atoms with Crippen LogP contribution in [0.4, 0.5) is 0 Å². The molecule has 0 amide bonds. The van der Waals surface area contributed by atoms with Gasteiger partial charge in [-0.1, -0.05) is 12.8 Å². The average Bonchev–Trinajstić information content (AvgIpc) is 2.86. The zero-order chi connectivity index (χ0) is 12.8. The van der Waals surface area contributed by atoms with Crippen molar-refractivity contribution < 1.29 is 4.74 Å². The highest BCUT2D eigenvalue weighted by molar-refractivity contribution is 4.90. The third-order valence-electron chi connectivity index (χ3n) is 4.32. The van der Waals surface area contributed by atoms with Gasteiger partial charge < -0.3 is 10.1 Å². The third-order valence-corrected chi connectivity index (χ3v) is 4.32. The van der Waals surface area contributed by atoms with Gasteiger partial charge >= 0.3 is 0 Å². The van der Waals surface area contributed by atoms with Crippen molar-refractivity contribution in [2.24, 2.45) is 5.92 Å². The van der Waals surface area contributed by atoms with Crippen molar-refractivity contribution in [1.29, 1.82) is 0 Å². The molecule has 2 rings (SSSR count). The summed E-state index contributed by atoms with van der Waals surface area (Å²) in [4.78, 5) is 2.37. The van der Waals surface area contributed by atoms with Crippen molar-refractivity contribution in [2.75, 3.05) is 32.8 Å². The summed E-state index contributed by atoms with van der Waals surface area (Å²) in [5.74, 6) is 3.45. The summed E-state index contributed by atoms with van der Waals surface area (Å²) in [6.45, 7) is 7.38. The maximum atomic E-state index is 5.73. The Morgan fingerprint density at radius 3 is 2.78 bits per heavy atom. The minimum Gasteiger partial charge on any atom is -0.378 e. The first kappa shape index (κ1) is 13.9. The molecule has 3 heteroatoms. The molecular weight excluding hydrogens is 224 g/mol. The van der Waals surface area contributed by atoms with Gasteiger partial charge in [0.2, 0.25) is 0 Å². The van der Waals surface area contributed by atoms with Crippen LogP contribution >= 0.6 is 0 Å². The molecule has 0 radical (unpaired) electrons. The topological polar surface area (TPSA) is 24.5 Å². The lowest BCUT2D eigenvalue weighted by atomic mass is 9.98. The van der Waals surface area contributed by atoms with Crippen LogP contribution in [0.1, 0.15) is 32.6 Å². The van der Waals surface area contributed by atoms with Crippen molar-refractivity contribution in [3.05, 3.63) is 0 Å². The standard InChI is InChI=1S/C15H26N2O/c1-3-8-17-9-5-14(6-10-17)16-12-13-7-11-18-15(13)4-2/h1,13-16H,4-12H2,2H3. The number of piperidine rings is 1. The molecule has 0 spiro atoms. The molecule has 2 aliphatic rings. The summed E-state index contributed by atoms with van der Waals surface area (Å²) >= 11 is 0. The van der Waals surface area contributed by atoms with Crippen molar-refractivity contribution in [1.82, 2.24) is 10.2 Å². The Balaban J connectivity index is 1.65. The molecule has 2 aliphatic heterocycles. The SMILES string of the molecule is C#CCN1CCC(NCC2CCOC2CC)CC1. The molecule has 102 valence electrons. The number of likely N-dealkylation sites (tertiary alicyclic amines) is 1. The van der Waals surface area contributed by atoms with E-state index in [-0.39, 0.29) is 0 Å². The smallest absolute Gasteiger partial charge is 0.0613 e. The first-order valence-electron chi connectivity index (χ1n) is 7.34. The van der Waals surface area contributed by atoms with Crippen LogP contribution in [0.2, 0.25) is 0 Å². The van der Waals surface area contributed by atoms with E-state index in [0.717, 1.165) is 45.1 Å². The Morgan fingerprint density at radius 1 is 1.33 bits per heavy atom. The summed E-state index contributed by atoms with van der Waals surface area (Å²) in [5.41, 5.74) is 0. The fourth-order valence-corrected chi connectivity index (χ4v) is 3.12. The van der Waals surface area contributed by atoms with Crippen LogP contribution in [0.15, 0.2) is 0 Å². The monoisotopic (exact) mass is 250 g/mol. The summed E-state index contributed by atoms with van der Waals surface area (Å²) in [7, 11) is 0. The van der Waals surface area contributed by atoms with Gasteiger partial charge in [0.15, 0.2) is 0 Å². The molecule has 1 N–H and O–H groups in total. The largest absolute Gasteiger partial charge is 0.378 e. The first-order chi connectivity index (χ1) is 8.83. The van der Waals surface area contributed by atoms with Gasteiger partial charge in [-0.15, -0.1) is 6.42 Å². The summed E-state index contributed by atoms with van der Waals surface area (Å²) in [6.07, 6.45) is 10.7. The Bertz CT molecular complexity index is 279. The molecule has 2 fully saturated rings. The van der Waals surface area contributed by atoms with Crippen molar-refractivity contribution in [2.45, 2.75) is 44.8 Å². The summed E-state index contributed by atoms with van der Waals surface area (Å²) < 4.78 is 5.73. The lowest BCUT2D eigenvalue weighted by Crippen LogP contribution is -2.44.